The first kappa shape index (κ1) is 11.0. The molecule has 0 aromatic heterocycles. The predicted molar refractivity (Wildman–Crippen MR) is 52.6 cm³/mol. The van der Waals surface area contributed by atoms with Crippen LogP contribution in [0.1, 0.15) is 27.2 Å². The van der Waals surface area contributed by atoms with Crippen molar-refractivity contribution >= 4 is 0 Å². The lowest BCUT2D eigenvalue weighted by atomic mass is 9.97. The Hall–Kier alpha value is -0.120. The normalized spacial score (nSPS) is 24.7. The summed E-state index contributed by atoms with van der Waals surface area (Å²) < 4.78 is 10.5. The minimum atomic E-state index is 0.344. The molecule has 0 aliphatic carbocycles. The van der Waals surface area contributed by atoms with E-state index in [-0.39, 0.29) is 0 Å². The first-order chi connectivity index (χ1) is 6.08. The molecule has 0 bridgehead atoms. The van der Waals surface area contributed by atoms with Crippen molar-refractivity contribution in [1.29, 1.82) is 0 Å². The van der Waals surface area contributed by atoms with Gasteiger partial charge in [0.05, 0.1) is 12.7 Å². The van der Waals surface area contributed by atoms with E-state index in [0.717, 1.165) is 26.1 Å². The Morgan fingerprint density at radius 1 is 1.38 bits per heavy atom. The Kier molecular flexibility index (Phi) is 4.16. The van der Waals surface area contributed by atoms with Crippen LogP contribution in [0.5, 0.6) is 0 Å². The van der Waals surface area contributed by atoms with E-state index in [1.807, 2.05) is 0 Å². The van der Waals surface area contributed by atoms with Crippen LogP contribution in [0.15, 0.2) is 0 Å². The molecule has 1 N–H and O–H groups in total. The third kappa shape index (κ3) is 5.24. The molecule has 0 saturated carbocycles. The highest BCUT2D eigenvalue weighted by Gasteiger charge is 2.15. The van der Waals surface area contributed by atoms with Crippen LogP contribution in [0.2, 0.25) is 0 Å². The van der Waals surface area contributed by atoms with Crippen LogP contribution in [-0.4, -0.2) is 32.6 Å². The predicted octanol–water partition coefficient (Wildman–Crippen LogP) is 1.39. The van der Waals surface area contributed by atoms with E-state index in [2.05, 4.69) is 26.1 Å². The minimum Gasteiger partial charge on any atom is -0.355 e. The SMILES string of the molecule is CC(C)(C)CNCC1CCOCO1. The molecule has 0 spiro atoms. The van der Waals surface area contributed by atoms with E-state index in [4.69, 9.17) is 9.47 Å². The Bertz CT molecular complexity index is 136. The van der Waals surface area contributed by atoms with Crippen molar-refractivity contribution in [1.82, 2.24) is 5.32 Å². The van der Waals surface area contributed by atoms with Crippen molar-refractivity contribution in [2.45, 2.75) is 33.3 Å². The zero-order valence-corrected chi connectivity index (χ0v) is 8.93. The molecule has 1 rings (SSSR count). The van der Waals surface area contributed by atoms with E-state index in [0.29, 0.717) is 18.3 Å². The number of ether oxygens (including phenoxy) is 2. The summed E-state index contributed by atoms with van der Waals surface area (Å²) in [6, 6.07) is 0. The molecule has 1 aliphatic rings. The first-order valence-electron chi connectivity index (χ1n) is 4.98. The highest BCUT2D eigenvalue weighted by Crippen LogP contribution is 2.11. The van der Waals surface area contributed by atoms with Crippen molar-refractivity contribution in [3.8, 4) is 0 Å². The van der Waals surface area contributed by atoms with E-state index in [1.54, 1.807) is 0 Å². The summed E-state index contributed by atoms with van der Waals surface area (Å²) in [5.41, 5.74) is 0.352. The van der Waals surface area contributed by atoms with Gasteiger partial charge in [-0.25, -0.2) is 0 Å². The molecule has 1 aliphatic heterocycles. The fraction of sp³-hybridized carbons (Fsp3) is 1.00. The molecule has 3 heteroatoms. The van der Waals surface area contributed by atoms with Gasteiger partial charge in [0.25, 0.3) is 0 Å². The van der Waals surface area contributed by atoms with Gasteiger partial charge in [-0.15, -0.1) is 0 Å². The van der Waals surface area contributed by atoms with Crippen LogP contribution in [0.3, 0.4) is 0 Å². The second-order valence-electron chi connectivity index (χ2n) is 4.80. The van der Waals surface area contributed by atoms with Gasteiger partial charge in [0.2, 0.25) is 0 Å². The quantitative estimate of drug-likeness (QED) is 0.724. The number of hydrogen-bond acceptors (Lipinski definition) is 3. The Morgan fingerprint density at radius 2 is 2.15 bits per heavy atom. The molecule has 78 valence electrons. The molecule has 1 fully saturated rings. The molecule has 0 aromatic carbocycles. The average molecular weight is 187 g/mol. The van der Waals surface area contributed by atoms with Crippen molar-refractivity contribution in [3.05, 3.63) is 0 Å². The molecule has 0 amide bonds. The van der Waals surface area contributed by atoms with Gasteiger partial charge in [0.15, 0.2) is 0 Å². The third-order valence-electron chi connectivity index (χ3n) is 2.00. The molecule has 0 radical (unpaired) electrons. The lowest BCUT2D eigenvalue weighted by Gasteiger charge is -2.25. The molecule has 1 heterocycles. The molecule has 3 nitrogen and oxygen atoms in total. The van der Waals surface area contributed by atoms with Gasteiger partial charge in [0, 0.05) is 13.1 Å². The first-order valence-corrected chi connectivity index (χ1v) is 4.98. The van der Waals surface area contributed by atoms with Gasteiger partial charge < -0.3 is 14.8 Å². The standard InChI is InChI=1S/C10H21NO2/c1-10(2,3)7-11-6-9-4-5-12-8-13-9/h9,11H,4-8H2,1-3H3. The largest absolute Gasteiger partial charge is 0.355 e. The maximum atomic E-state index is 5.41. The number of nitrogens with one attached hydrogen (secondary N) is 1. The Morgan fingerprint density at radius 3 is 2.69 bits per heavy atom. The van der Waals surface area contributed by atoms with Crippen molar-refractivity contribution in [2.24, 2.45) is 5.41 Å². The molecular weight excluding hydrogens is 166 g/mol. The van der Waals surface area contributed by atoms with Gasteiger partial charge in [-0.1, -0.05) is 20.8 Å². The van der Waals surface area contributed by atoms with Gasteiger partial charge in [0.1, 0.15) is 6.79 Å². The zero-order chi connectivity index (χ0) is 9.73. The summed E-state index contributed by atoms with van der Waals surface area (Å²) in [6.45, 7) is 9.96. The van der Waals surface area contributed by atoms with Gasteiger partial charge >= 0.3 is 0 Å². The maximum Gasteiger partial charge on any atom is 0.147 e. The third-order valence-corrected chi connectivity index (χ3v) is 2.00. The lowest BCUT2D eigenvalue weighted by Crippen LogP contribution is -2.37. The summed E-state index contributed by atoms with van der Waals surface area (Å²) in [6.07, 6.45) is 1.35. The average Bonchev–Trinajstić information content (AvgIpc) is 2.04. The highest BCUT2D eigenvalue weighted by molar-refractivity contribution is 4.69. The fourth-order valence-electron chi connectivity index (χ4n) is 1.27. The molecule has 0 aromatic rings. The summed E-state index contributed by atoms with van der Waals surface area (Å²) in [5.74, 6) is 0. The van der Waals surface area contributed by atoms with Crippen molar-refractivity contribution in [3.63, 3.8) is 0 Å². The van der Waals surface area contributed by atoms with Crippen LogP contribution >= 0.6 is 0 Å². The van der Waals surface area contributed by atoms with Gasteiger partial charge in [-0.3, -0.25) is 0 Å². The van der Waals surface area contributed by atoms with E-state index in [1.165, 1.54) is 0 Å². The van der Waals surface area contributed by atoms with Crippen LogP contribution in [0.4, 0.5) is 0 Å². The van der Waals surface area contributed by atoms with Crippen LogP contribution < -0.4 is 5.32 Å². The Labute approximate surface area is 80.8 Å². The number of rotatable bonds is 3. The van der Waals surface area contributed by atoms with E-state index in [9.17, 15) is 0 Å². The molecule has 1 unspecified atom stereocenters. The van der Waals surface area contributed by atoms with Crippen molar-refractivity contribution < 1.29 is 9.47 Å². The monoisotopic (exact) mass is 187 g/mol. The highest BCUT2D eigenvalue weighted by atomic mass is 16.7. The Balaban J connectivity index is 2.04. The topological polar surface area (TPSA) is 30.5 Å². The fourth-order valence-corrected chi connectivity index (χ4v) is 1.27. The van der Waals surface area contributed by atoms with Crippen LogP contribution in [-0.2, 0) is 9.47 Å². The molecule has 13 heavy (non-hydrogen) atoms. The van der Waals surface area contributed by atoms with Gasteiger partial charge in [-0.05, 0) is 11.8 Å². The van der Waals surface area contributed by atoms with E-state index >= 15 is 0 Å². The minimum absolute atomic E-state index is 0.344. The smallest absolute Gasteiger partial charge is 0.147 e. The summed E-state index contributed by atoms with van der Waals surface area (Å²) >= 11 is 0. The van der Waals surface area contributed by atoms with E-state index < -0.39 is 0 Å². The van der Waals surface area contributed by atoms with Crippen molar-refractivity contribution in [2.75, 3.05) is 26.5 Å². The second kappa shape index (κ2) is 4.94. The zero-order valence-electron chi connectivity index (χ0n) is 8.93. The maximum absolute atomic E-state index is 5.41. The summed E-state index contributed by atoms with van der Waals surface area (Å²) in [5, 5.41) is 3.41. The van der Waals surface area contributed by atoms with Crippen LogP contribution in [0.25, 0.3) is 0 Å². The molecule has 1 atom stereocenters. The van der Waals surface area contributed by atoms with Crippen LogP contribution in [0, 0.1) is 5.41 Å². The second-order valence-corrected chi connectivity index (χ2v) is 4.80. The molecular formula is C10H21NO2. The summed E-state index contributed by atoms with van der Waals surface area (Å²) in [7, 11) is 0. The molecule has 1 saturated heterocycles. The summed E-state index contributed by atoms with van der Waals surface area (Å²) in [4.78, 5) is 0. The number of hydrogen-bond donors (Lipinski definition) is 1. The lowest BCUT2D eigenvalue weighted by molar-refractivity contribution is -0.137. The van der Waals surface area contributed by atoms with Gasteiger partial charge in [-0.2, -0.15) is 0 Å².